The molecule has 66 valence electrons. The molecule has 12 heavy (non-hydrogen) atoms. The van der Waals surface area contributed by atoms with Gasteiger partial charge in [-0.25, -0.2) is 4.98 Å². The summed E-state index contributed by atoms with van der Waals surface area (Å²) in [6.45, 7) is 6.26. The molecule has 0 aromatic carbocycles. The lowest BCUT2D eigenvalue weighted by atomic mass is 9.88. The van der Waals surface area contributed by atoms with E-state index in [1.165, 1.54) is 0 Å². The van der Waals surface area contributed by atoms with Crippen molar-refractivity contribution in [1.29, 1.82) is 0 Å². The predicted molar refractivity (Wildman–Crippen MR) is 53.0 cm³/mol. The van der Waals surface area contributed by atoms with E-state index < -0.39 is 0 Å². The number of hydrogen-bond donors (Lipinski definition) is 0. The lowest BCUT2D eigenvalue weighted by molar-refractivity contribution is 0.589. The van der Waals surface area contributed by atoms with Crippen molar-refractivity contribution in [2.24, 2.45) is 0 Å². The van der Waals surface area contributed by atoms with Crippen molar-refractivity contribution in [1.82, 2.24) is 4.98 Å². The summed E-state index contributed by atoms with van der Waals surface area (Å²) in [7, 11) is 0. The zero-order valence-corrected chi connectivity index (χ0v) is 8.87. The van der Waals surface area contributed by atoms with E-state index in [4.69, 9.17) is 23.2 Å². The van der Waals surface area contributed by atoms with Crippen molar-refractivity contribution in [2.75, 3.05) is 0 Å². The smallest absolute Gasteiger partial charge is 0.129 e. The molecule has 0 saturated heterocycles. The highest BCUT2D eigenvalue weighted by molar-refractivity contribution is 6.32. The minimum Gasteiger partial charge on any atom is -0.243 e. The van der Waals surface area contributed by atoms with Crippen molar-refractivity contribution >= 4 is 23.2 Å². The van der Waals surface area contributed by atoms with Gasteiger partial charge in [-0.3, -0.25) is 0 Å². The predicted octanol–water partition coefficient (Wildman–Crippen LogP) is 3.69. The summed E-state index contributed by atoms with van der Waals surface area (Å²) < 4.78 is 0. The number of rotatable bonds is 0. The molecule has 0 bridgehead atoms. The Morgan fingerprint density at radius 2 is 1.83 bits per heavy atom. The van der Waals surface area contributed by atoms with Gasteiger partial charge >= 0.3 is 0 Å². The number of halogens is 2. The van der Waals surface area contributed by atoms with Crippen LogP contribution >= 0.6 is 23.2 Å². The van der Waals surface area contributed by atoms with Crippen LogP contribution in [0.15, 0.2) is 12.3 Å². The molecule has 1 nitrogen and oxygen atoms in total. The first-order valence-corrected chi connectivity index (χ1v) is 4.48. The standard InChI is InChI=1S/C9H11Cl2N/c1-9(2,3)6-4-8(11)12-5-7(6)10/h4-5H,1-3H3. The summed E-state index contributed by atoms with van der Waals surface area (Å²) in [5.41, 5.74) is 1.05. The Morgan fingerprint density at radius 3 is 2.25 bits per heavy atom. The average molecular weight is 204 g/mol. The van der Waals surface area contributed by atoms with E-state index in [1.807, 2.05) is 6.07 Å². The molecule has 0 amide bonds. The van der Waals surface area contributed by atoms with Gasteiger partial charge in [-0.05, 0) is 17.0 Å². The Morgan fingerprint density at radius 1 is 1.25 bits per heavy atom. The van der Waals surface area contributed by atoms with Crippen LogP contribution in [0.4, 0.5) is 0 Å². The fraction of sp³-hybridized carbons (Fsp3) is 0.444. The lowest BCUT2D eigenvalue weighted by Crippen LogP contribution is -2.11. The quantitative estimate of drug-likeness (QED) is 0.587. The molecule has 0 spiro atoms. The number of aromatic nitrogens is 1. The molecule has 1 rings (SSSR count). The van der Waals surface area contributed by atoms with Crippen LogP contribution in [0, 0.1) is 0 Å². The molecule has 1 aromatic heterocycles. The zero-order chi connectivity index (χ0) is 9.35. The van der Waals surface area contributed by atoms with E-state index in [1.54, 1.807) is 6.20 Å². The minimum atomic E-state index is 0.0175. The molecule has 0 saturated carbocycles. The van der Waals surface area contributed by atoms with Crippen LogP contribution in [0.25, 0.3) is 0 Å². The summed E-state index contributed by atoms with van der Waals surface area (Å²) in [6, 6.07) is 1.81. The van der Waals surface area contributed by atoms with Gasteiger partial charge in [-0.15, -0.1) is 0 Å². The second kappa shape index (κ2) is 3.23. The molecule has 0 radical (unpaired) electrons. The normalized spacial score (nSPS) is 11.8. The van der Waals surface area contributed by atoms with E-state index in [-0.39, 0.29) is 5.41 Å². The first-order valence-electron chi connectivity index (χ1n) is 3.73. The van der Waals surface area contributed by atoms with Gasteiger partial charge in [-0.1, -0.05) is 44.0 Å². The van der Waals surface area contributed by atoms with Crippen LogP contribution in [-0.4, -0.2) is 4.98 Å². The van der Waals surface area contributed by atoms with Crippen LogP contribution < -0.4 is 0 Å². The molecule has 0 N–H and O–H groups in total. The SMILES string of the molecule is CC(C)(C)c1cc(Cl)ncc1Cl. The number of hydrogen-bond acceptors (Lipinski definition) is 1. The Kier molecular flexibility index (Phi) is 2.64. The molecule has 0 aliphatic carbocycles. The highest BCUT2D eigenvalue weighted by atomic mass is 35.5. The van der Waals surface area contributed by atoms with Gasteiger partial charge in [-0.2, -0.15) is 0 Å². The Hall–Kier alpha value is -0.270. The lowest BCUT2D eigenvalue weighted by Gasteiger charge is -2.20. The van der Waals surface area contributed by atoms with E-state index in [0.29, 0.717) is 10.2 Å². The van der Waals surface area contributed by atoms with E-state index in [0.717, 1.165) is 5.56 Å². The van der Waals surface area contributed by atoms with Gasteiger partial charge in [0.25, 0.3) is 0 Å². The molecule has 0 unspecified atom stereocenters. The maximum absolute atomic E-state index is 5.96. The van der Waals surface area contributed by atoms with Crippen LogP contribution in [-0.2, 0) is 5.41 Å². The topological polar surface area (TPSA) is 12.9 Å². The second-order valence-electron chi connectivity index (χ2n) is 3.74. The van der Waals surface area contributed by atoms with E-state index in [2.05, 4.69) is 25.8 Å². The maximum Gasteiger partial charge on any atom is 0.129 e. The third-order valence-corrected chi connectivity index (χ3v) is 2.14. The third-order valence-electron chi connectivity index (χ3n) is 1.63. The summed E-state index contributed by atoms with van der Waals surface area (Å²) >= 11 is 11.7. The summed E-state index contributed by atoms with van der Waals surface area (Å²) in [6.07, 6.45) is 1.59. The van der Waals surface area contributed by atoms with Crippen LogP contribution in [0.1, 0.15) is 26.3 Å². The minimum absolute atomic E-state index is 0.0175. The summed E-state index contributed by atoms with van der Waals surface area (Å²) in [5, 5.41) is 1.16. The summed E-state index contributed by atoms with van der Waals surface area (Å²) in [5.74, 6) is 0. The molecular formula is C9H11Cl2N. The fourth-order valence-corrected chi connectivity index (χ4v) is 1.53. The fourth-order valence-electron chi connectivity index (χ4n) is 0.988. The van der Waals surface area contributed by atoms with Crippen molar-refractivity contribution in [3.05, 3.63) is 28.0 Å². The number of nitrogens with zero attached hydrogens (tertiary/aromatic N) is 1. The van der Waals surface area contributed by atoms with Crippen molar-refractivity contribution < 1.29 is 0 Å². The largest absolute Gasteiger partial charge is 0.243 e. The van der Waals surface area contributed by atoms with Gasteiger partial charge in [0.2, 0.25) is 0 Å². The van der Waals surface area contributed by atoms with E-state index in [9.17, 15) is 0 Å². The average Bonchev–Trinajstić information content (AvgIpc) is 1.92. The highest BCUT2D eigenvalue weighted by Crippen LogP contribution is 2.30. The first kappa shape index (κ1) is 9.82. The maximum atomic E-state index is 5.96. The second-order valence-corrected chi connectivity index (χ2v) is 4.53. The van der Waals surface area contributed by atoms with Gasteiger partial charge in [0.05, 0.1) is 5.02 Å². The first-order chi connectivity index (χ1) is 5.41. The molecule has 0 aliphatic rings. The molecule has 0 fully saturated rings. The highest BCUT2D eigenvalue weighted by Gasteiger charge is 2.17. The molecule has 1 heterocycles. The van der Waals surface area contributed by atoms with E-state index >= 15 is 0 Å². The van der Waals surface area contributed by atoms with Gasteiger partial charge in [0.15, 0.2) is 0 Å². The molecule has 0 atom stereocenters. The molecule has 0 aliphatic heterocycles. The summed E-state index contributed by atoms with van der Waals surface area (Å²) in [4.78, 5) is 3.89. The monoisotopic (exact) mass is 203 g/mol. The van der Waals surface area contributed by atoms with Crippen LogP contribution in [0.3, 0.4) is 0 Å². The Labute approximate surface area is 82.7 Å². The van der Waals surface area contributed by atoms with Gasteiger partial charge in [0.1, 0.15) is 5.15 Å². The molecule has 3 heteroatoms. The zero-order valence-electron chi connectivity index (χ0n) is 7.36. The van der Waals surface area contributed by atoms with Crippen LogP contribution in [0.2, 0.25) is 10.2 Å². The number of pyridine rings is 1. The van der Waals surface area contributed by atoms with Crippen molar-refractivity contribution in [2.45, 2.75) is 26.2 Å². The van der Waals surface area contributed by atoms with Gasteiger partial charge in [0, 0.05) is 6.20 Å². The molecule has 1 aromatic rings. The van der Waals surface area contributed by atoms with Crippen LogP contribution in [0.5, 0.6) is 0 Å². The van der Waals surface area contributed by atoms with Crippen molar-refractivity contribution in [3.8, 4) is 0 Å². The Bertz CT molecular complexity index is 289. The van der Waals surface area contributed by atoms with Crippen molar-refractivity contribution in [3.63, 3.8) is 0 Å². The van der Waals surface area contributed by atoms with Gasteiger partial charge < -0.3 is 0 Å². The third kappa shape index (κ3) is 2.11. The molecular weight excluding hydrogens is 193 g/mol. The Balaban J connectivity index is 3.23.